The van der Waals surface area contributed by atoms with Crippen molar-refractivity contribution in [3.63, 3.8) is 0 Å². The molecule has 0 unspecified atom stereocenters. The first-order valence-electron chi connectivity index (χ1n) is 7.47. The van der Waals surface area contributed by atoms with E-state index in [1.165, 1.54) is 6.92 Å². The van der Waals surface area contributed by atoms with Gasteiger partial charge in [-0.25, -0.2) is 0 Å². The Kier molecular flexibility index (Phi) is 8.25. The molecule has 1 aromatic carbocycles. The van der Waals surface area contributed by atoms with Crippen LogP contribution < -0.4 is 10.1 Å². The number of amides is 1. The Labute approximate surface area is 132 Å². The van der Waals surface area contributed by atoms with E-state index in [1.54, 1.807) is 12.1 Å². The molecule has 0 atom stereocenters. The third kappa shape index (κ3) is 6.74. The van der Waals surface area contributed by atoms with Gasteiger partial charge in [-0.05, 0) is 56.7 Å². The Morgan fingerprint density at radius 1 is 1.14 bits per heavy atom. The van der Waals surface area contributed by atoms with E-state index >= 15 is 0 Å². The van der Waals surface area contributed by atoms with Gasteiger partial charge in [0, 0.05) is 25.8 Å². The molecule has 5 heteroatoms. The van der Waals surface area contributed by atoms with E-state index in [9.17, 15) is 4.79 Å². The van der Waals surface area contributed by atoms with Gasteiger partial charge in [-0.2, -0.15) is 0 Å². The van der Waals surface area contributed by atoms with Crippen LogP contribution in [0, 0.1) is 0 Å². The van der Waals surface area contributed by atoms with E-state index in [0.717, 1.165) is 17.0 Å². The van der Waals surface area contributed by atoms with Crippen molar-refractivity contribution in [2.24, 2.45) is 0 Å². The number of carbonyl (C=O) groups excluding carboxylic acids is 1. The lowest BCUT2D eigenvalue weighted by molar-refractivity contribution is -0.114. The molecular weight excluding hydrogens is 282 g/mol. The van der Waals surface area contributed by atoms with Crippen molar-refractivity contribution in [3.05, 3.63) is 35.9 Å². The summed E-state index contributed by atoms with van der Waals surface area (Å²) in [6.07, 6.45) is 1.62. The summed E-state index contributed by atoms with van der Waals surface area (Å²) >= 11 is 0. The van der Waals surface area contributed by atoms with Gasteiger partial charge >= 0.3 is 0 Å². The van der Waals surface area contributed by atoms with Crippen LogP contribution in [0.15, 0.2) is 35.9 Å². The number of hydrogen-bond acceptors (Lipinski definition) is 4. The summed E-state index contributed by atoms with van der Waals surface area (Å²) in [6.45, 7) is 8.94. The standard InChI is InChI=1S/C17H25NO4/c1-5-20-17(21-6-2)13(3)11-12-22-16-9-7-15(8-10-16)18-14(4)19/h7-11,17H,5-6,12H2,1-4H3,(H,18,19). The average Bonchev–Trinajstić information content (AvgIpc) is 2.48. The minimum atomic E-state index is -0.319. The minimum Gasteiger partial charge on any atom is -0.490 e. The second-order valence-electron chi connectivity index (χ2n) is 4.71. The lowest BCUT2D eigenvalue weighted by atomic mass is 10.2. The highest BCUT2D eigenvalue weighted by atomic mass is 16.7. The molecule has 0 fully saturated rings. The molecule has 1 amide bonds. The summed E-state index contributed by atoms with van der Waals surface area (Å²) in [6, 6.07) is 7.24. The molecule has 1 rings (SSSR count). The van der Waals surface area contributed by atoms with Crippen LogP contribution in [0.5, 0.6) is 5.75 Å². The van der Waals surface area contributed by atoms with E-state index in [1.807, 2.05) is 39.0 Å². The van der Waals surface area contributed by atoms with Gasteiger partial charge in [0.1, 0.15) is 12.4 Å². The summed E-state index contributed by atoms with van der Waals surface area (Å²) in [5, 5.41) is 2.71. The van der Waals surface area contributed by atoms with E-state index in [2.05, 4.69) is 5.32 Å². The average molecular weight is 307 g/mol. The van der Waals surface area contributed by atoms with Crippen molar-refractivity contribution in [3.8, 4) is 5.75 Å². The zero-order valence-corrected chi connectivity index (χ0v) is 13.7. The summed E-state index contributed by atoms with van der Waals surface area (Å²) in [5.74, 6) is 0.646. The molecule has 0 saturated heterocycles. The third-order valence-electron chi connectivity index (χ3n) is 2.84. The molecule has 1 aromatic rings. The summed E-state index contributed by atoms with van der Waals surface area (Å²) in [7, 11) is 0. The number of rotatable bonds is 9. The Morgan fingerprint density at radius 2 is 1.73 bits per heavy atom. The topological polar surface area (TPSA) is 56.8 Å². The predicted molar refractivity (Wildman–Crippen MR) is 87.0 cm³/mol. The Bertz CT molecular complexity index is 476. The Hall–Kier alpha value is -1.85. The van der Waals surface area contributed by atoms with Crippen molar-refractivity contribution < 1.29 is 19.0 Å². The quantitative estimate of drug-likeness (QED) is 0.561. The van der Waals surface area contributed by atoms with Gasteiger partial charge in [-0.1, -0.05) is 0 Å². The van der Waals surface area contributed by atoms with Gasteiger partial charge in [0.05, 0.1) is 0 Å². The van der Waals surface area contributed by atoms with E-state index in [4.69, 9.17) is 14.2 Å². The van der Waals surface area contributed by atoms with Crippen molar-refractivity contribution in [1.29, 1.82) is 0 Å². The monoisotopic (exact) mass is 307 g/mol. The largest absolute Gasteiger partial charge is 0.490 e. The fourth-order valence-electron chi connectivity index (χ4n) is 1.82. The number of nitrogens with one attached hydrogen (secondary N) is 1. The first kappa shape index (κ1) is 18.2. The Morgan fingerprint density at radius 3 is 2.23 bits per heavy atom. The molecule has 0 saturated carbocycles. The molecule has 122 valence electrons. The molecule has 0 aliphatic carbocycles. The number of anilines is 1. The van der Waals surface area contributed by atoms with Gasteiger partial charge < -0.3 is 19.5 Å². The van der Waals surface area contributed by atoms with Gasteiger partial charge in [-0.15, -0.1) is 0 Å². The molecule has 0 aromatic heterocycles. The highest BCUT2D eigenvalue weighted by Gasteiger charge is 2.09. The summed E-state index contributed by atoms with van der Waals surface area (Å²) in [5.41, 5.74) is 1.73. The van der Waals surface area contributed by atoms with Gasteiger partial charge in [0.25, 0.3) is 0 Å². The van der Waals surface area contributed by atoms with Crippen molar-refractivity contribution >= 4 is 11.6 Å². The van der Waals surface area contributed by atoms with Gasteiger partial charge in [0.2, 0.25) is 5.91 Å². The molecule has 0 aliphatic heterocycles. The number of hydrogen-bond donors (Lipinski definition) is 1. The maximum absolute atomic E-state index is 10.9. The van der Waals surface area contributed by atoms with Crippen molar-refractivity contribution in [2.75, 3.05) is 25.1 Å². The fourth-order valence-corrected chi connectivity index (χ4v) is 1.82. The van der Waals surface area contributed by atoms with E-state index < -0.39 is 0 Å². The first-order chi connectivity index (χ1) is 10.6. The van der Waals surface area contributed by atoms with Gasteiger partial charge in [-0.3, -0.25) is 4.79 Å². The molecule has 1 N–H and O–H groups in total. The predicted octanol–water partition coefficient (Wildman–Crippen LogP) is 3.37. The van der Waals surface area contributed by atoms with Crippen LogP contribution in [0.25, 0.3) is 0 Å². The van der Waals surface area contributed by atoms with E-state index in [0.29, 0.717) is 19.8 Å². The normalized spacial score (nSPS) is 11.6. The minimum absolute atomic E-state index is 0.0925. The molecule has 0 radical (unpaired) electrons. The number of benzene rings is 1. The van der Waals surface area contributed by atoms with Crippen molar-refractivity contribution in [2.45, 2.75) is 34.0 Å². The van der Waals surface area contributed by atoms with Crippen LogP contribution in [0.2, 0.25) is 0 Å². The SMILES string of the molecule is CCOC(OCC)C(C)=CCOc1ccc(NC(C)=O)cc1. The van der Waals surface area contributed by atoms with Crippen LogP contribution in [0.3, 0.4) is 0 Å². The number of ether oxygens (including phenoxy) is 3. The highest BCUT2D eigenvalue weighted by Crippen LogP contribution is 2.16. The maximum atomic E-state index is 10.9. The van der Waals surface area contributed by atoms with E-state index in [-0.39, 0.29) is 12.2 Å². The molecule has 0 bridgehead atoms. The van der Waals surface area contributed by atoms with Crippen LogP contribution in [0.4, 0.5) is 5.69 Å². The lowest BCUT2D eigenvalue weighted by Gasteiger charge is -2.17. The molecule has 0 spiro atoms. The zero-order chi connectivity index (χ0) is 16.4. The second-order valence-corrected chi connectivity index (χ2v) is 4.71. The highest BCUT2D eigenvalue weighted by molar-refractivity contribution is 5.88. The van der Waals surface area contributed by atoms with Gasteiger partial charge in [0.15, 0.2) is 6.29 Å². The first-order valence-corrected chi connectivity index (χ1v) is 7.47. The molecule has 0 heterocycles. The Balaban J connectivity index is 2.50. The van der Waals surface area contributed by atoms with Crippen molar-refractivity contribution in [1.82, 2.24) is 0 Å². The van der Waals surface area contributed by atoms with Crippen LogP contribution in [-0.4, -0.2) is 32.0 Å². The maximum Gasteiger partial charge on any atom is 0.221 e. The third-order valence-corrected chi connectivity index (χ3v) is 2.84. The second kappa shape index (κ2) is 9.97. The van der Waals surface area contributed by atoms with Crippen LogP contribution >= 0.6 is 0 Å². The lowest BCUT2D eigenvalue weighted by Crippen LogP contribution is -2.19. The summed E-state index contributed by atoms with van der Waals surface area (Å²) in [4.78, 5) is 10.9. The summed E-state index contributed by atoms with van der Waals surface area (Å²) < 4.78 is 16.7. The fraction of sp³-hybridized carbons (Fsp3) is 0.471. The molecular formula is C17H25NO4. The van der Waals surface area contributed by atoms with Crippen LogP contribution in [0.1, 0.15) is 27.7 Å². The molecule has 22 heavy (non-hydrogen) atoms. The smallest absolute Gasteiger partial charge is 0.221 e. The molecule has 0 aliphatic rings. The molecule has 5 nitrogen and oxygen atoms in total. The zero-order valence-electron chi connectivity index (χ0n) is 13.7. The van der Waals surface area contributed by atoms with Crippen LogP contribution in [-0.2, 0) is 14.3 Å². The number of carbonyl (C=O) groups is 1.